The molecule has 8 heteroatoms. The predicted octanol–water partition coefficient (Wildman–Crippen LogP) is 3.29. The molecule has 5 nitrogen and oxygen atoms in total. The summed E-state index contributed by atoms with van der Waals surface area (Å²) in [6.07, 6.45) is 1.43. The first-order valence-corrected chi connectivity index (χ1v) is 9.25. The molecule has 138 valence electrons. The lowest BCUT2D eigenvalue weighted by Crippen LogP contribution is -2.40. The molecule has 3 rings (SSSR count). The molecule has 2 amide bonds. The summed E-state index contributed by atoms with van der Waals surface area (Å²) < 4.78 is 32.4. The van der Waals surface area contributed by atoms with Crippen LogP contribution in [-0.4, -0.2) is 47.0 Å². The van der Waals surface area contributed by atoms with Crippen molar-refractivity contribution in [2.24, 2.45) is 0 Å². The number of hydrogen-bond acceptors (Lipinski definition) is 4. The van der Waals surface area contributed by atoms with E-state index in [1.165, 1.54) is 35.1 Å². The maximum absolute atomic E-state index is 14.1. The van der Waals surface area contributed by atoms with Gasteiger partial charge in [0.2, 0.25) is 5.91 Å². The van der Waals surface area contributed by atoms with Crippen molar-refractivity contribution in [3.63, 3.8) is 0 Å². The number of carbonyl (C=O) groups excluding carboxylic acids is 2. The number of amides is 2. The quantitative estimate of drug-likeness (QED) is 0.772. The van der Waals surface area contributed by atoms with Gasteiger partial charge in [0, 0.05) is 31.3 Å². The molecule has 1 unspecified atom stereocenters. The topological polar surface area (TPSA) is 53.8 Å². The Bertz CT molecular complexity index is 798. The standard InChI is InChI=1S/C18H18F2N2O3S/c1-2-21(17(24)15-4-3-9-25-15)7-8-22-16(23)11-26-18(22)13-6-5-12(19)10-14(13)20/h3-6,9-10,18H,2,7-8,11H2,1H3. The second kappa shape index (κ2) is 7.90. The summed E-state index contributed by atoms with van der Waals surface area (Å²) in [6.45, 7) is 2.83. The zero-order valence-electron chi connectivity index (χ0n) is 14.2. The minimum Gasteiger partial charge on any atom is -0.459 e. The number of benzene rings is 1. The van der Waals surface area contributed by atoms with Gasteiger partial charge in [-0.2, -0.15) is 0 Å². The summed E-state index contributed by atoms with van der Waals surface area (Å²) in [4.78, 5) is 27.7. The van der Waals surface area contributed by atoms with Crippen LogP contribution in [0.1, 0.15) is 28.4 Å². The van der Waals surface area contributed by atoms with Gasteiger partial charge in [-0.1, -0.05) is 6.07 Å². The highest BCUT2D eigenvalue weighted by Gasteiger charge is 2.34. The molecule has 26 heavy (non-hydrogen) atoms. The summed E-state index contributed by atoms with van der Waals surface area (Å²) in [7, 11) is 0. The number of hydrogen-bond donors (Lipinski definition) is 0. The smallest absolute Gasteiger partial charge is 0.289 e. The van der Waals surface area contributed by atoms with Crippen molar-refractivity contribution in [3.8, 4) is 0 Å². The average molecular weight is 380 g/mol. The molecule has 1 fully saturated rings. The number of furan rings is 1. The second-order valence-electron chi connectivity index (χ2n) is 5.78. The lowest BCUT2D eigenvalue weighted by molar-refractivity contribution is -0.128. The van der Waals surface area contributed by atoms with Crippen LogP contribution >= 0.6 is 11.8 Å². The highest BCUT2D eigenvalue weighted by Crippen LogP contribution is 2.39. The largest absolute Gasteiger partial charge is 0.459 e. The number of rotatable bonds is 6. The van der Waals surface area contributed by atoms with E-state index in [1.807, 2.05) is 6.92 Å². The lowest BCUT2D eigenvalue weighted by Gasteiger charge is -2.28. The lowest BCUT2D eigenvalue weighted by atomic mass is 10.2. The molecular formula is C18H18F2N2O3S. The third-order valence-electron chi connectivity index (χ3n) is 4.21. The Kier molecular flexibility index (Phi) is 5.61. The minimum atomic E-state index is -0.679. The Labute approximate surface area is 153 Å². The molecule has 0 aliphatic carbocycles. The van der Waals surface area contributed by atoms with Crippen LogP contribution in [0, 0.1) is 11.6 Å². The van der Waals surface area contributed by atoms with Crippen molar-refractivity contribution in [2.75, 3.05) is 25.4 Å². The van der Waals surface area contributed by atoms with Crippen LogP contribution in [0.3, 0.4) is 0 Å². The van der Waals surface area contributed by atoms with Crippen LogP contribution in [0.25, 0.3) is 0 Å². The van der Waals surface area contributed by atoms with Gasteiger partial charge in [0.1, 0.15) is 17.0 Å². The molecule has 0 radical (unpaired) electrons. The van der Waals surface area contributed by atoms with Gasteiger partial charge in [-0.15, -0.1) is 11.8 Å². The van der Waals surface area contributed by atoms with E-state index in [0.29, 0.717) is 13.1 Å². The van der Waals surface area contributed by atoms with Crippen LogP contribution in [0.4, 0.5) is 8.78 Å². The van der Waals surface area contributed by atoms with Gasteiger partial charge >= 0.3 is 0 Å². The predicted molar refractivity (Wildman–Crippen MR) is 93.6 cm³/mol. The molecule has 1 saturated heterocycles. The molecule has 0 N–H and O–H groups in total. The van der Waals surface area contributed by atoms with Crippen LogP contribution in [0.5, 0.6) is 0 Å². The molecule has 1 aliphatic heterocycles. The summed E-state index contributed by atoms with van der Waals surface area (Å²) >= 11 is 1.29. The van der Waals surface area contributed by atoms with E-state index in [9.17, 15) is 18.4 Å². The first-order valence-electron chi connectivity index (χ1n) is 8.20. The Morgan fingerprint density at radius 1 is 1.38 bits per heavy atom. The third-order valence-corrected chi connectivity index (χ3v) is 5.45. The molecule has 1 aliphatic rings. The van der Waals surface area contributed by atoms with Gasteiger partial charge in [0.05, 0.1) is 12.0 Å². The third kappa shape index (κ3) is 3.75. The van der Waals surface area contributed by atoms with E-state index < -0.39 is 17.0 Å². The zero-order valence-corrected chi connectivity index (χ0v) is 15.0. The zero-order chi connectivity index (χ0) is 18.7. The first-order chi connectivity index (χ1) is 12.5. The average Bonchev–Trinajstić information content (AvgIpc) is 3.26. The normalized spacial score (nSPS) is 17.0. The van der Waals surface area contributed by atoms with Gasteiger partial charge in [-0.05, 0) is 25.1 Å². The Balaban J connectivity index is 1.72. The molecule has 0 saturated carbocycles. The highest BCUT2D eigenvalue weighted by atomic mass is 32.2. The van der Waals surface area contributed by atoms with Crippen molar-refractivity contribution >= 4 is 23.6 Å². The SMILES string of the molecule is CCN(CCN1C(=O)CSC1c1ccc(F)cc1F)C(=O)c1ccco1. The number of thioether (sulfide) groups is 1. The molecule has 2 heterocycles. The van der Waals surface area contributed by atoms with Gasteiger partial charge in [0.15, 0.2) is 5.76 Å². The van der Waals surface area contributed by atoms with Crippen molar-refractivity contribution in [1.82, 2.24) is 9.80 Å². The van der Waals surface area contributed by atoms with Gasteiger partial charge < -0.3 is 14.2 Å². The van der Waals surface area contributed by atoms with Gasteiger partial charge in [-0.25, -0.2) is 8.78 Å². The summed E-state index contributed by atoms with van der Waals surface area (Å²) in [5.74, 6) is -1.28. The molecular weight excluding hydrogens is 362 g/mol. The Morgan fingerprint density at radius 3 is 2.85 bits per heavy atom. The van der Waals surface area contributed by atoms with Crippen molar-refractivity contribution in [2.45, 2.75) is 12.3 Å². The van der Waals surface area contributed by atoms with Gasteiger partial charge in [0.25, 0.3) is 5.91 Å². The van der Waals surface area contributed by atoms with E-state index >= 15 is 0 Å². The summed E-state index contributed by atoms with van der Waals surface area (Å²) in [5.41, 5.74) is 0.266. The maximum Gasteiger partial charge on any atom is 0.289 e. The van der Waals surface area contributed by atoms with Crippen LogP contribution in [-0.2, 0) is 4.79 Å². The summed E-state index contributed by atoms with van der Waals surface area (Å²) in [5, 5.41) is -0.527. The Hall–Kier alpha value is -2.35. The number of nitrogens with zero attached hydrogens (tertiary/aromatic N) is 2. The van der Waals surface area contributed by atoms with E-state index in [0.717, 1.165) is 6.07 Å². The van der Waals surface area contributed by atoms with Crippen LogP contribution in [0.2, 0.25) is 0 Å². The van der Waals surface area contributed by atoms with Gasteiger partial charge in [-0.3, -0.25) is 9.59 Å². The van der Waals surface area contributed by atoms with Crippen LogP contribution in [0.15, 0.2) is 41.0 Å². The molecule has 0 spiro atoms. The molecule has 0 bridgehead atoms. The minimum absolute atomic E-state index is 0.134. The van der Waals surface area contributed by atoms with Crippen LogP contribution < -0.4 is 0 Å². The highest BCUT2D eigenvalue weighted by molar-refractivity contribution is 8.00. The fourth-order valence-electron chi connectivity index (χ4n) is 2.84. The second-order valence-corrected chi connectivity index (χ2v) is 6.85. The van der Waals surface area contributed by atoms with E-state index in [-0.39, 0.29) is 35.4 Å². The number of halogens is 2. The molecule has 1 aromatic heterocycles. The summed E-state index contributed by atoms with van der Waals surface area (Å²) in [6, 6.07) is 6.57. The van der Waals surface area contributed by atoms with Crippen molar-refractivity contribution in [1.29, 1.82) is 0 Å². The van der Waals surface area contributed by atoms with Crippen molar-refractivity contribution < 1.29 is 22.8 Å². The number of carbonyl (C=O) groups is 2. The maximum atomic E-state index is 14.1. The van der Waals surface area contributed by atoms with E-state index in [1.54, 1.807) is 17.0 Å². The molecule has 1 aromatic carbocycles. The number of likely N-dealkylation sites (N-methyl/N-ethyl adjacent to an activating group) is 1. The first kappa shape index (κ1) is 18.4. The van der Waals surface area contributed by atoms with E-state index in [2.05, 4.69) is 0 Å². The molecule has 1 atom stereocenters. The molecule has 2 aromatic rings. The fourth-order valence-corrected chi connectivity index (χ4v) is 4.08. The Morgan fingerprint density at radius 2 is 2.19 bits per heavy atom. The van der Waals surface area contributed by atoms with Crippen molar-refractivity contribution in [3.05, 3.63) is 59.6 Å². The monoisotopic (exact) mass is 380 g/mol. The van der Waals surface area contributed by atoms with E-state index in [4.69, 9.17) is 4.42 Å². The fraction of sp³-hybridized carbons (Fsp3) is 0.333.